The molecule has 0 radical (unpaired) electrons. The van der Waals surface area contributed by atoms with Gasteiger partial charge in [-0.25, -0.2) is 9.97 Å². The summed E-state index contributed by atoms with van der Waals surface area (Å²) in [5.74, 6) is 0.693. The molecule has 3 heteroatoms. The van der Waals surface area contributed by atoms with E-state index in [9.17, 15) is 0 Å². The molecule has 0 N–H and O–H groups in total. The highest BCUT2D eigenvalue weighted by molar-refractivity contribution is 6.30. The Labute approximate surface area is 186 Å². The van der Waals surface area contributed by atoms with Crippen molar-refractivity contribution in [2.45, 2.75) is 0 Å². The van der Waals surface area contributed by atoms with Gasteiger partial charge in [0.15, 0.2) is 5.82 Å². The van der Waals surface area contributed by atoms with Crippen LogP contribution in [-0.2, 0) is 0 Å². The lowest BCUT2D eigenvalue weighted by molar-refractivity contribution is 1.18. The molecular weight excluding hydrogens is 400 g/mol. The second-order valence-corrected chi connectivity index (χ2v) is 7.72. The largest absolute Gasteiger partial charge is 0.228 e. The van der Waals surface area contributed by atoms with E-state index in [1.807, 2.05) is 66.7 Å². The van der Waals surface area contributed by atoms with Crippen LogP contribution in [0.2, 0.25) is 5.02 Å². The van der Waals surface area contributed by atoms with Crippen LogP contribution in [0.15, 0.2) is 115 Å². The van der Waals surface area contributed by atoms with Crippen molar-refractivity contribution in [2.24, 2.45) is 0 Å². The molecule has 0 unspecified atom stereocenters. The zero-order chi connectivity index (χ0) is 21.0. The summed E-state index contributed by atoms with van der Waals surface area (Å²) in [6.07, 6.45) is 0. The first kappa shape index (κ1) is 19.2. The quantitative estimate of drug-likeness (QED) is 0.297. The predicted molar refractivity (Wildman–Crippen MR) is 129 cm³/mol. The third-order valence-corrected chi connectivity index (χ3v) is 5.38. The van der Waals surface area contributed by atoms with Crippen LogP contribution in [0.5, 0.6) is 0 Å². The minimum absolute atomic E-state index is 0.685. The number of benzene rings is 4. The fraction of sp³-hybridized carbons (Fsp3) is 0. The average Bonchev–Trinajstić information content (AvgIpc) is 2.85. The number of nitrogens with zero attached hydrogens (tertiary/aromatic N) is 2. The molecule has 0 atom stereocenters. The van der Waals surface area contributed by atoms with Crippen molar-refractivity contribution in [1.82, 2.24) is 9.97 Å². The third-order valence-electron chi connectivity index (χ3n) is 5.14. The number of halogens is 1. The molecule has 0 fully saturated rings. The Bertz CT molecular complexity index is 1330. The lowest BCUT2D eigenvalue weighted by atomic mass is 10.0. The van der Waals surface area contributed by atoms with Crippen LogP contribution in [0.3, 0.4) is 0 Å². The number of aromatic nitrogens is 2. The Balaban J connectivity index is 1.67. The number of hydrogen-bond acceptors (Lipinski definition) is 2. The van der Waals surface area contributed by atoms with Crippen molar-refractivity contribution in [3.8, 4) is 45.0 Å². The Morgan fingerprint density at radius 3 is 1.58 bits per heavy atom. The standard InChI is InChI=1S/C28H19ClN2/c29-25-16-8-15-24(18-25)27-19-26(30-28(31-27)21-11-5-2-6-12-21)23-14-7-13-22(17-23)20-9-3-1-4-10-20/h1-19H. The molecule has 5 rings (SSSR count). The monoisotopic (exact) mass is 418 g/mol. The molecule has 0 aliphatic heterocycles. The Kier molecular flexibility index (Phi) is 5.30. The lowest BCUT2D eigenvalue weighted by Gasteiger charge is -2.11. The highest BCUT2D eigenvalue weighted by Gasteiger charge is 2.11. The molecular formula is C28H19ClN2. The zero-order valence-corrected chi connectivity index (χ0v) is 17.5. The van der Waals surface area contributed by atoms with Gasteiger partial charge in [0.05, 0.1) is 11.4 Å². The Morgan fingerprint density at radius 1 is 0.419 bits per heavy atom. The fourth-order valence-electron chi connectivity index (χ4n) is 3.60. The number of rotatable bonds is 4. The van der Waals surface area contributed by atoms with Gasteiger partial charge in [-0.1, -0.05) is 103 Å². The van der Waals surface area contributed by atoms with Crippen molar-refractivity contribution >= 4 is 11.6 Å². The van der Waals surface area contributed by atoms with Gasteiger partial charge < -0.3 is 0 Å². The van der Waals surface area contributed by atoms with Crippen LogP contribution in [0, 0.1) is 0 Å². The first-order valence-electron chi connectivity index (χ1n) is 10.1. The van der Waals surface area contributed by atoms with E-state index in [1.165, 1.54) is 5.56 Å². The van der Waals surface area contributed by atoms with E-state index in [1.54, 1.807) is 0 Å². The van der Waals surface area contributed by atoms with Crippen LogP contribution in [-0.4, -0.2) is 9.97 Å². The van der Waals surface area contributed by atoms with E-state index in [0.29, 0.717) is 10.8 Å². The third kappa shape index (κ3) is 4.25. The van der Waals surface area contributed by atoms with Gasteiger partial charge in [0, 0.05) is 21.7 Å². The van der Waals surface area contributed by atoms with Gasteiger partial charge in [-0.3, -0.25) is 0 Å². The van der Waals surface area contributed by atoms with Gasteiger partial charge in [-0.15, -0.1) is 0 Å². The molecule has 0 aliphatic carbocycles. The molecule has 0 saturated heterocycles. The molecule has 0 aliphatic rings. The van der Waals surface area contributed by atoms with Crippen LogP contribution in [0.4, 0.5) is 0 Å². The molecule has 31 heavy (non-hydrogen) atoms. The highest BCUT2D eigenvalue weighted by atomic mass is 35.5. The topological polar surface area (TPSA) is 25.8 Å². The highest BCUT2D eigenvalue weighted by Crippen LogP contribution is 2.30. The van der Waals surface area contributed by atoms with Crippen LogP contribution >= 0.6 is 11.6 Å². The summed E-state index contributed by atoms with van der Waals surface area (Å²) in [4.78, 5) is 9.76. The molecule has 1 heterocycles. The first-order chi connectivity index (χ1) is 15.3. The van der Waals surface area contributed by atoms with Crippen LogP contribution in [0.25, 0.3) is 45.0 Å². The second kappa shape index (κ2) is 8.55. The minimum Gasteiger partial charge on any atom is -0.228 e. The molecule has 0 amide bonds. The van der Waals surface area contributed by atoms with Crippen molar-refractivity contribution in [2.75, 3.05) is 0 Å². The van der Waals surface area contributed by atoms with E-state index in [2.05, 4.69) is 48.5 Å². The lowest BCUT2D eigenvalue weighted by Crippen LogP contribution is -1.96. The first-order valence-corrected chi connectivity index (χ1v) is 10.5. The molecule has 0 bridgehead atoms. The molecule has 0 spiro atoms. The van der Waals surface area contributed by atoms with Crippen molar-refractivity contribution in [3.63, 3.8) is 0 Å². The molecule has 5 aromatic rings. The summed E-state index contributed by atoms with van der Waals surface area (Å²) in [6.45, 7) is 0. The van der Waals surface area contributed by atoms with E-state index in [0.717, 1.165) is 33.6 Å². The van der Waals surface area contributed by atoms with Gasteiger partial charge in [-0.2, -0.15) is 0 Å². The van der Waals surface area contributed by atoms with E-state index in [4.69, 9.17) is 21.6 Å². The SMILES string of the molecule is Clc1cccc(-c2cc(-c3cccc(-c4ccccc4)c3)nc(-c3ccccc3)n2)c1. The predicted octanol–water partition coefficient (Wildman–Crippen LogP) is 7.80. The van der Waals surface area contributed by atoms with Crippen LogP contribution < -0.4 is 0 Å². The van der Waals surface area contributed by atoms with Gasteiger partial charge in [-0.05, 0) is 35.4 Å². The summed E-state index contributed by atoms with van der Waals surface area (Å²) < 4.78 is 0. The summed E-state index contributed by atoms with van der Waals surface area (Å²) in [7, 11) is 0. The van der Waals surface area contributed by atoms with Gasteiger partial charge in [0.2, 0.25) is 0 Å². The summed E-state index contributed by atoms with van der Waals surface area (Å²) >= 11 is 6.25. The summed E-state index contributed by atoms with van der Waals surface area (Å²) in [6, 6.07) is 38.7. The molecule has 2 nitrogen and oxygen atoms in total. The maximum absolute atomic E-state index is 6.25. The van der Waals surface area contributed by atoms with Gasteiger partial charge in [0.1, 0.15) is 0 Å². The second-order valence-electron chi connectivity index (χ2n) is 7.29. The van der Waals surface area contributed by atoms with Crippen molar-refractivity contribution in [3.05, 3.63) is 120 Å². The Hall–Kier alpha value is -3.75. The zero-order valence-electron chi connectivity index (χ0n) is 16.7. The maximum Gasteiger partial charge on any atom is 0.160 e. The molecule has 4 aromatic carbocycles. The Morgan fingerprint density at radius 2 is 0.935 bits per heavy atom. The van der Waals surface area contributed by atoms with Gasteiger partial charge >= 0.3 is 0 Å². The van der Waals surface area contributed by atoms with Crippen molar-refractivity contribution < 1.29 is 0 Å². The van der Waals surface area contributed by atoms with Crippen molar-refractivity contribution in [1.29, 1.82) is 0 Å². The maximum atomic E-state index is 6.25. The van der Waals surface area contributed by atoms with E-state index < -0.39 is 0 Å². The average molecular weight is 419 g/mol. The van der Waals surface area contributed by atoms with Gasteiger partial charge in [0.25, 0.3) is 0 Å². The smallest absolute Gasteiger partial charge is 0.160 e. The van der Waals surface area contributed by atoms with E-state index in [-0.39, 0.29) is 0 Å². The fourth-order valence-corrected chi connectivity index (χ4v) is 3.79. The molecule has 1 aromatic heterocycles. The normalized spacial score (nSPS) is 10.7. The van der Waals surface area contributed by atoms with E-state index >= 15 is 0 Å². The summed E-state index contributed by atoms with van der Waals surface area (Å²) in [5, 5.41) is 0.685. The summed E-state index contributed by atoms with van der Waals surface area (Å²) in [5.41, 5.74) is 7.04. The number of hydrogen-bond donors (Lipinski definition) is 0. The molecule has 148 valence electrons. The molecule has 0 saturated carbocycles. The van der Waals surface area contributed by atoms with Crippen LogP contribution in [0.1, 0.15) is 0 Å². The minimum atomic E-state index is 0.685.